The van der Waals surface area contributed by atoms with Crippen LogP contribution in [0.4, 0.5) is 5.69 Å². The second-order valence-electron chi connectivity index (χ2n) is 3.28. The summed E-state index contributed by atoms with van der Waals surface area (Å²) in [7, 11) is 0. The summed E-state index contributed by atoms with van der Waals surface area (Å²) in [6.45, 7) is 0.770. The molecule has 0 radical (unpaired) electrons. The summed E-state index contributed by atoms with van der Waals surface area (Å²) in [6, 6.07) is 12.3. The molecule has 80 valence electrons. The summed E-state index contributed by atoms with van der Waals surface area (Å²) >= 11 is 3.90. The van der Waals surface area contributed by atoms with Gasteiger partial charge in [-0.1, -0.05) is 6.07 Å². The number of nitrogens with zero attached hydrogens (tertiary/aromatic N) is 1. The number of anilines is 1. The Morgan fingerprint density at radius 3 is 2.94 bits per heavy atom. The molecule has 1 aromatic carbocycles. The second kappa shape index (κ2) is 5.32. The predicted octanol–water partition coefficient (Wildman–Crippen LogP) is 3.84. The molecule has 1 heterocycles. The van der Waals surface area contributed by atoms with Crippen LogP contribution in [0, 0.1) is 14.9 Å². The van der Waals surface area contributed by atoms with Crippen molar-refractivity contribution < 1.29 is 0 Å². The summed E-state index contributed by atoms with van der Waals surface area (Å²) < 4.78 is 1.21. The van der Waals surface area contributed by atoms with Crippen LogP contribution in [0.1, 0.15) is 10.4 Å². The van der Waals surface area contributed by atoms with Gasteiger partial charge in [-0.2, -0.15) is 5.26 Å². The van der Waals surface area contributed by atoms with E-state index in [1.165, 1.54) is 8.45 Å². The van der Waals surface area contributed by atoms with E-state index in [4.69, 9.17) is 5.26 Å². The van der Waals surface area contributed by atoms with Crippen LogP contribution in [-0.4, -0.2) is 0 Å². The first kappa shape index (κ1) is 11.4. The summed E-state index contributed by atoms with van der Waals surface area (Å²) in [6.07, 6.45) is 0. The maximum Gasteiger partial charge on any atom is 0.100 e. The Morgan fingerprint density at radius 2 is 2.25 bits per heavy atom. The molecule has 16 heavy (non-hydrogen) atoms. The van der Waals surface area contributed by atoms with Crippen molar-refractivity contribution in [1.29, 1.82) is 5.26 Å². The van der Waals surface area contributed by atoms with E-state index in [1.807, 2.05) is 23.6 Å². The van der Waals surface area contributed by atoms with Crippen molar-refractivity contribution >= 4 is 39.6 Å². The van der Waals surface area contributed by atoms with Crippen LogP contribution >= 0.6 is 33.9 Å². The summed E-state index contributed by atoms with van der Waals surface area (Å²) in [5.41, 5.74) is 1.85. The Labute approximate surface area is 112 Å². The average molecular weight is 340 g/mol. The van der Waals surface area contributed by atoms with Crippen LogP contribution in [0.25, 0.3) is 0 Å². The molecule has 2 nitrogen and oxygen atoms in total. The fourth-order valence-corrected chi connectivity index (χ4v) is 2.61. The number of nitrogens with one attached hydrogen (secondary N) is 1. The Morgan fingerprint density at radius 1 is 1.38 bits per heavy atom. The molecule has 2 rings (SSSR count). The summed E-state index contributed by atoms with van der Waals surface area (Å²) in [5, 5.41) is 13.9. The Balaban J connectivity index is 2.00. The van der Waals surface area contributed by atoms with Crippen molar-refractivity contribution in [2.75, 3.05) is 5.32 Å². The SMILES string of the molecule is N#Cc1csc(CNc2cccc(I)c2)c1. The molecule has 0 amide bonds. The topological polar surface area (TPSA) is 35.8 Å². The highest BCUT2D eigenvalue weighted by Gasteiger charge is 1.99. The normalized spacial score (nSPS) is 9.75. The van der Waals surface area contributed by atoms with Crippen molar-refractivity contribution in [1.82, 2.24) is 0 Å². The van der Waals surface area contributed by atoms with Gasteiger partial charge in [-0.25, -0.2) is 0 Å². The molecule has 0 unspecified atom stereocenters. The molecule has 0 saturated heterocycles. The van der Waals surface area contributed by atoms with Gasteiger partial charge in [0.15, 0.2) is 0 Å². The molecule has 0 aliphatic carbocycles. The van der Waals surface area contributed by atoms with Crippen LogP contribution in [0.15, 0.2) is 35.7 Å². The first-order valence-corrected chi connectivity index (χ1v) is 6.71. The van der Waals surface area contributed by atoms with Crippen LogP contribution in [0.2, 0.25) is 0 Å². The number of hydrogen-bond donors (Lipinski definition) is 1. The lowest BCUT2D eigenvalue weighted by atomic mass is 10.3. The summed E-state index contributed by atoms with van der Waals surface area (Å²) in [4.78, 5) is 1.18. The number of thiophene rings is 1. The van der Waals surface area contributed by atoms with Crippen LogP contribution in [-0.2, 0) is 6.54 Å². The first-order chi connectivity index (χ1) is 7.78. The van der Waals surface area contributed by atoms with Crippen molar-refractivity contribution in [3.05, 3.63) is 49.7 Å². The standard InChI is InChI=1S/C12H9IN2S/c13-10-2-1-3-11(5-10)15-7-12-4-9(6-14)8-16-12/h1-5,8,15H,7H2. The fourth-order valence-electron chi connectivity index (χ4n) is 1.32. The lowest BCUT2D eigenvalue weighted by Crippen LogP contribution is -1.97. The van der Waals surface area contributed by atoms with Crippen LogP contribution in [0.3, 0.4) is 0 Å². The first-order valence-electron chi connectivity index (χ1n) is 4.75. The van der Waals surface area contributed by atoms with Crippen molar-refractivity contribution in [3.8, 4) is 6.07 Å². The van der Waals surface area contributed by atoms with E-state index >= 15 is 0 Å². The van der Waals surface area contributed by atoms with Gasteiger partial charge < -0.3 is 5.32 Å². The Bertz CT molecular complexity index is 528. The van der Waals surface area contributed by atoms with E-state index in [0.717, 1.165) is 17.8 Å². The molecule has 0 saturated carbocycles. The zero-order chi connectivity index (χ0) is 11.4. The number of nitriles is 1. The minimum Gasteiger partial charge on any atom is -0.380 e. The zero-order valence-corrected chi connectivity index (χ0v) is 11.4. The molecule has 0 fully saturated rings. The number of benzene rings is 1. The van der Waals surface area contributed by atoms with Crippen molar-refractivity contribution in [2.24, 2.45) is 0 Å². The van der Waals surface area contributed by atoms with Gasteiger partial charge in [0.25, 0.3) is 0 Å². The number of rotatable bonds is 3. The molecule has 4 heteroatoms. The Kier molecular flexibility index (Phi) is 3.80. The highest BCUT2D eigenvalue weighted by molar-refractivity contribution is 14.1. The third-order valence-corrected chi connectivity index (χ3v) is 3.68. The fraction of sp³-hybridized carbons (Fsp3) is 0.0833. The minimum absolute atomic E-state index is 0.740. The van der Waals surface area contributed by atoms with Gasteiger partial charge in [0, 0.05) is 26.1 Å². The minimum atomic E-state index is 0.740. The summed E-state index contributed by atoms with van der Waals surface area (Å²) in [5.74, 6) is 0. The predicted molar refractivity (Wildman–Crippen MR) is 75.5 cm³/mol. The number of halogens is 1. The maximum atomic E-state index is 8.71. The quantitative estimate of drug-likeness (QED) is 0.862. The maximum absolute atomic E-state index is 8.71. The highest BCUT2D eigenvalue weighted by atomic mass is 127. The lowest BCUT2D eigenvalue weighted by molar-refractivity contribution is 1.19. The lowest BCUT2D eigenvalue weighted by Gasteiger charge is -2.04. The molecule has 0 aliphatic rings. The van der Waals surface area contributed by atoms with E-state index in [-0.39, 0.29) is 0 Å². The molecular weight excluding hydrogens is 331 g/mol. The zero-order valence-electron chi connectivity index (χ0n) is 8.40. The van der Waals surface area contributed by atoms with E-state index in [9.17, 15) is 0 Å². The smallest absolute Gasteiger partial charge is 0.100 e. The van der Waals surface area contributed by atoms with Gasteiger partial charge >= 0.3 is 0 Å². The molecule has 0 aliphatic heterocycles. The third kappa shape index (κ3) is 2.97. The van der Waals surface area contributed by atoms with E-state index in [1.54, 1.807) is 11.3 Å². The van der Waals surface area contributed by atoms with Gasteiger partial charge in [-0.15, -0.1) is 11.3 Å². The molecule has 1 N–H and O–H groups in total. The van der Waals surface area contributed by atoms with E-state index in [0.29, 0.717) is 0 Å². The van der Waals surface area contributed by atoms with Gasteiger partial charge in [0.1, 0.15) is 6.07 Å². The van der Waals surface area contributed by atoms with Gasteiger partial charge in [-0.05, 0) is 46.9 Å². The van der Waals surface area contributed by atoms with Gasteiger partial charge in [0.05, 0.1) is 5.56 Å². The Hall–Kier alpha value is -1.06. The molecule has 0 spiro atoms. The largest absolute Gasteiger partial charge is 0.380 e. The molecule has 0 atom stereocenters. The van der Waals surface area contributed by atoms with Crippen LogP contribution < -0.4 is 5.32 Å². The molecule has 1 aromatic heterocycles. The van der Waals surface area contributed by atoms with Gasteiger partial charge in [0.2, 0.25) is 0 Å². The van der Waals surface area contributed by atoms with Crippen molar-refractivity contribution in [2.45, 2.75) is 6.54 Å². The molecule has 2 aromatic rings. The molecule has 0 bridgehead atoms. The van der Waals surface area contributed by atoms with Gasteiger partial charge in [-0.3, -0.25) is 0 Å². The van der Waals surface area contributed by atoms with E-state index < -0.39 is 0 Å². The van der Waals surface area contributed by atoms with Crippen molar-refractivity contribution in [3.63, 3.8) is 0 Å². The van der Waals surface area contributed by atoms with Crippen LogP contribution in [0.5, 0.6) is 0 Å². The second-order valence-corrected chi connectivity index (χ2v) is 5.52. The molecular formula is C12H9IN2S. The van der Waals surface area contributed by atoms with E-state index in [2.05, 4.69) is 46.1 Å². The third-order valence-electron chi connectivity index (χ3n) is 2.07. The number of hydrogen-bond acceptors (Lipinski definition) is 3. The monoisotopic (exact) mass is 340 g/mol. The highest BCUT2D eigenvalue weighted by Crippen LogP contribution is 2.17. The average Bonchev–Trinajstić information content (AvgIpc) is 2.74.